The Kier molecular flexibility index (Phi) is 5.84. The minimum atomic E-state index is -0.283. The van der Waals surface area contributed by atoms with Crippen LogP contribution in [0.15, 0.2) is 0 Å². The van der Waals surface area contributed by atoms with Crippen molar-refractivity contribution in [3.63, 3.8) is 0 Å². The van der Waals surface area contributed by atoms with Crippen molar-refractivity contribution >= 4 is 5.91 Å². The highest BCUT2D eigenvalue weighted by atomic mass is 16.5. The van der Waals surface area contributed by atoms with Crippen molar-refractivity contribution in [3.8, 4) is 0 Å². The number of morpholine rings is 1. The van der Waals surface area contributed by atoms with Gasteiger partial charge in [-0.15, -0.1) is 0 Å². The molecule has 0 aliphatic carbocycles. The van der Waals surface area contributed by atoms with Crippen LogP contribution in [0, 0.1) is 0 Å². The summed E-state index contributed by atoms with van der Waals surface area (Å²) in [4.78, 5) is 13.8. The Hall–Kier alpha value is -0.690. The normalized spacial score (nSPS) is 26.9. The summed E-state index contributed by atoms with van der Waals surface area (Å²) in [6.07, 6.45) is -0.255. The number of aliphatic hydroxyl groups is 1. The van der Waals surface area contributed by atoms with Crippen molar-refractivity contribution in [2.75, 3.05) is 33.4 Å². The van der Waals surface area contributed by atoms with E-state index in [-0.39, 0.29) is 37.2 Å². The Balaban J connectivity index is 2.53. The zero-order chi connectivity index (χ0) is 12.8. The van der Waals surface area contributed by atoms with E-state index >= 15 is 0 Å². The van der Waals surface area contributed by atoms with Gasteiger partial charge in [0.05, 0.1) is 37.9 Å². The molecular formula is C11H22N2O4. The highest BCUT2D eigenvalue weighted by Crippen LogP contribution is 2.14. The number of nitrogens with two attached hydrogens (primary N) is 1. The van der Waals surface area contributed by atoms with Crippen LogP contribution in [0.3, 0.4) is 0 Å². The molecule has 3 N–H and O–H groups in total. The first-order chi connectivity index (χ1) is 8.12. The smallest absolute Gasteiger partial charge is 0.225 e. The fraction of sp³-hybridized carbons (Fsp3) is 0.909. The van der Waals surface area contributed by atoms with Crippen LogP contribution in [0.25, 0.3) is 0 Å². The molecule has 1 rings (SSSR count). The van der Waals surface area contributed by atoms with Gasteiger partial charge in [-0.1, -0.05) is 0 Å². The third kappa shape index (κ3) is 3.92. The predicted octanol–water partition coefficient (Wildman–Crippen LogP) is -1.04. The topological polar surface area (TPSA) is 85.0 Å². The Morgan fingerprint density at radius 3 is 2.94 bits per heavy atom. The van der Waals surface area contributed by atoms with E-state index in [4.69, 9.17) is 20.3 Å². The van der Waals surface area contributed by atoms with Crippen LogP contribution in [0.5, 0.6) is 0 Å². The lowest BCUT2D eigenvalue weighted by Gasteiger charge is -2.38. The van der Waals surface area contributed by atoms with Crippen LogP contribution in [-0.2, 0) is 14.3 Å². The average Bonchev–Trinajstić information content (AvgIpc) is 2.36. The van der Waals surface area contributed by atoms with Gasteiger partial charge in [-0.3, -0.25) is 4.79 Å². The SMILES string of the molecule is COC(CN)CC(=O)N1CC(CO)OCC1C. The summed E-state index contributed by atoms with van der Waals surface area (Å²) < 4.78 is 10.5. The maximum atomic E-state index is 12.1. The van der Waals surface area contributed by atoms with E-state index in [2.05, 4.69) is 0 Å². The molecule has 3 unspecified atom stereocenters. The van der Waals surface area contributed by atoms with Crippen LogP contribution in [0.4, 0.5) is 0 Å². The minimum Gasteiger partial charge on any atom is -0.394 e. The lowest BCUT2D eigenvalue weighted by atomic mass is 10.1. The Labute approximate surface area is 102 Å². The molecule has 6 nitrogen and oxygen atoms in total. The van der Waals surface area contributed by atoms with Gasteiger partial charge in [0.15, 0.2) is 0 Å². The Bertz CT molecular complexity index is 246. The quantitative estimate of drug-likeness (QED) is 0.647. The van der Waals surface area contributed by atoms with Gasteiger partial charge in [-0.25, -0.2) is 0 Å². The van der Waals surface area contributed by atoms with E-state index in [1.54, 1.807) is 12.0 Å². The number of rotatable bonds is 5. The number of amides is 1. The Morgan fingerprint density at radius 1 is 1.71 bits per heavy atom. The second-order valence-corrected chi connectivity index (χ2v) is 4.33. The molecule has 0 aromatic heterocycles. The third-order valence-corrected chi connectivity index (χ3v) is 3.03. The third-order valence-electron chi connectivity index (χ3n) is 3.03. The maximum absolute atomic E-state index is 12.1. The molecule has 1 saturated heterocycles. The van der Waals surface area contributed by atoms with Gasteiger partial charge >= 0.3 is 0 Å². The van der Waals surface area contributed by atoms with Crippen LogP contribution in [0.1, 0.15) is 13.3 Å². The first-order valence-electron chi connectivity index (χ1n) is 5.87. The number of carbonyl (C=O) groups is 1. The highest BCUT2D eigenvalue weighted by Gasteiger charge is 2.30. The van der Waals surface area contributed by atoms with E-state index in [0.29, 0.717) is 19.7 Å². The summed E-state index contributed by atoms with van der Waals surface area (Å²) >= 11 is 0. The van der Waals surface area contributed by atoms with Crippen molar-refractivity contribution in [1.82, 2.24) is 4.90 Å². The van der Waals surface area contributed by atoms with Gasteiger partial charge in [-0.2, -0.15) is 0 Å². The summed E-state index contributed by atoms with van der Waals surface area (Å²) in [7, 11) is 1.55. The molecule has 0 spiro atoms. The average molecular weight is 246 g/mol. The van der Waals surface area contributed by atoms with Gasteiger partial charge in [0.2, 0.25) is 5.91 Å². The molecule has 1 amide bonds. The molecule has 0 saturated carbocycles. The van der Waals surface area contributed by atoms with Crippen molar-refractivity contribution < 1.29 is 19.4 Å². The molecule has 0 aromatic carbocycles. The summed E-state index contributed by atoms with van der Waals surface area (Å²) in [5.74, 6) is -0.00319. The molecule has 3 atom stereocenters. The number of hydrogen-bond donors (Lipinski definition) is 2. The van der Waals surface area contributed by atoms with E-state index in [0.717, 1.165) is 0 Å². The number of nitrogens with zero attached hydrogens (tertiary/aromatic N) is 1. The van der Waals surface area contributed by atoms with Crippen LogP contribution in [0.2, 0.25) is 0 Å². The second kappa shape index (κ2) is 6.90. The van der Waals surface area contributed by atoms with Gasteiger partial charge in [-0.05, 0) is 6.92 Å². The molecule has 0 aromatic rings. The van der Waals surface area contributed by atoms with E-state index in [1.807, 2.05) is 6.92 Å². The molecule has 0 radical (unpaired) electrons. The summed E-state index contributed by atoms with van der Waals surface area (Å²) in [5.41, 5.74) is 5.49. The maximum Gasteiger partial charge on any atom is 0.225 e. The van der Waals surface area contributed by atoms with Gasteiger partial charge in [0.25, 0.3) is 0 Å². The summed E-state index contributed by atoms with van der Waals surface area (Å²) in [6, 6.07) is 0.0283. The van der Waals surface area contributed by atoms with E-state index in [9.17, 15) is 4.79 Å². The highest BCUT2D eigenvalue weighted by molar-refractivity contribution is 5.77. The van der Waals surface area contributed by atoms with Crippen molar-refractivity contribution in [2.45, 2.75) is 31.6 Å². The van der Waals surface area contributed by atoms with E-state index < -0.39 is 0 Å². The van der Waals surface area contributed by atoms with Crippen LogP contribution < -0.4 is 5.73 Å². The number of ether oxygens (including phenoxy) is 2. The molecule has 1 heterocycles. The van der Waals surface area contributed by atoms with Crippen LogP contribution >= 0.6 is 0 Å². The first kappa shape index (κ1) is 14.4. The first-order valence-corrected chi connectivity index (χ1v) is 5.87. The molecule has 6 heteroatoms. The van der Waals surface area contributed by atoms with Crippen molar-refractivity contribution in [3.05, 3.63) is 0 Å². The number of methoxy groups -OCH3 is 1. The largest absolute Gasteiger partial charge is 0.394 e. The standard InChI is InChI=1S/C11H22N2O4/c1-8-7-17-10(6-14)5-13(8)11(15)3-9(4-12)16-2/h8-10,14H,3-7,12H2,1-2H3. The Morgan fingerprint density at radius 2 is 2.41 bits per heavy atom. The molecular weight excluding hydrogens is 224 g/mol. The molecule has 0 bridgehead atoms. The van der Waals surface area contributed by atoms with Crippen molar-refractivity contribution in [1.29, 1.82) is 0 Å². The van der Waals surface area contributed by atoms with Gasteiger partial charge in [0, 0.05) is 20.2 Å². The molecule has 100 valence electrons. The number of carbonyl (C=O) groups excluding carboxylic acids is 1. The van der Waals surface area contributed by atoms with Crippen molar-refractivity contribution in [2.24, 2.45) is 5.73 Å². The molecule has 1 aliphatic heterocycles. The number of aliphatic hydroxyl groups excluding tert-OH is 1. The molecule has 1 aliphatic rings. The zero-order valence-corrected chi connectivity index (χ0v) is 10.5. The number of hydrogen-bond acceptors (Lipinski definition) is 5. The second-order valence-electron chi connectivity index (χ2n) is 4.33. The molecule has 17 heavy (non-hydrogen) atoms. The van der Waals surface area contributed by atoms with E-state index in [1.165, 1.54) is 0 Å². The van der Waals surface area contributed by atoms with Crippen LogP contribution in [-0.4, -0.2) is 67.6 Å². The molecule has 1 fully saturated rings. The predicted molar refractivity (Wildman–Crippen MR) is 62.5 cm³/mol. The van der Waals surface area contributed by atoms with Gasteiger partial charge in [0.1, 0.15) is 0 Å². The summed E-state index contributed by atoms with van der Waals surface area (Å²) in [6.45, 7) is 3.07. The lowest BCUT2D eigenvalue weighted by molar-refractivity contribution is -0.148. The summed E-state index contributed by atoms with van der Waals surface area (Å²) in [5, 5.41) is 9.04. The van der Waals surface area contributed by atoms with Gasteiger partial charge < -0.3 is 25.2 Å². The fourth-order valence-electron chi connectivity index (χ4n) is 1.85. The zero-order valence-electron chi connectivity index (χ0n) is 10.5. The monoisotopic (exact) mass is 246 g/mol. The lowest BCUT2D eigenvalue weighted by Crippen LogP contribution is -2.52. The minimum absolute atomic E-state index is 0.00319. The fourth-order valence-corrected chi connectivity index (χ4v) is 1.85.